The summed E-state index contributed by atoms with van der Waals surface area (Å²) in [5, 5.41) is 7.32. The fourth-order valence-electron chi connectivity index (χ4n) is 1.98. The standard InChI is InChI=1S/C15H18BrN3O/c1-10-4-6-13(7-5-10)15(20)17-8-9-19-12(3)14(16)11(2)18-19/h4-7H,8-9H2,1-3H3,(H,17,20). The fourth-order valence-corrected chi connectivity index (χ4v) is 2.26. The van der Waals surface area contributed by atoms with E-state index in [1.165, 1.54) is 0 Å². The van der Waals surface area contributed by atoms with Crippen LogP contribution < -0.4 is 5.32 Å². The minimum absolute atomic E-state index is 0.0504. The van der Waals surface area contributed by atoms with Gasteiger partial charge in [0.25, 0.3) is 5.91 Å². The lowest BCUT2D eigenvalue weighted by molar-refractivity contribution is 0.0952. The van der Waals surface area contributed by atoms with Crippen molar-refractivity contribution in [1.82, 2.24) is 15.1 Å². The van der Waals surface area contributed by atoms with E-state index in [4.69, 9.17) is 0 Å². The summed E-state index contributed by atoms with van der Waals surface area (Å²) in [6.07, 6.45) is 0. The van der Waals surface area contributed by atoms with Gasteiger partial charge in [-0.1, -0.05) is 17.7 Å². The van der Waals surface area contributed by atoms with Gasteiger partial charge in [-0.2, -0.15) is 5.10 Å². The van der Waals surface area contributed by atoms with Crippen LogP contribution in [0.3, 0.4) is 0 Å². The maximum Gasteiger partial charge on any atom is 0.251 e. The number of carbonyl (C=O) groups excluding carboxylic acids is 1. The van der Waals surface area contributed by atoms with Crippen LogP contribution in [0.5, 0.6) is 0 Å². The summed E-state index contributed by atoms with van der Waals surface area (Å²) in [6, 6.07) is 7.55. The molecule has 2 aromatic rings. The predicted octanol–water partition coefficient (Wildman–Crippen LogP) is 3.00. The quantitative estimate of drug-likeness (QED) is 0.933. The maximum absolute atomic E-state index is 12.0. The average molecular weight is 336 g/mol. The summed E-state index contributed by atoms with van der Waals surface area (Å²) in [6.45, 7) is 7.18. The molecular weight excluding hydrogens is 318 g/mol. The van der Waals surface area contributed by atoms with E-state index in [2.05, 4.69) is 26.3 Å². The van der Waals surface area contributed by atoms with Crippen molar-refractivity contribution in [3.8, 4) is 0 Å². The summed E-state index contributed by atoms with van der Waals surface area (Å²) >= 11 is 3.49. The number of amides is 1. The lowest BCUT2D eigenvalue weighted by atomic mass is 10.1. The van der Waals surface area contributed by atoms with Gasteiger partial charge in [0.1, 0.15) is 0 Å². The van der Waals surface area contributed by atoms with Crippen LogP contribution in [0, 0.1) is 20.8 Å². The van der Waals surface area contributed by atoms with Gasteiger partial charge in [0.05, 0.1) is 16.7 Å². The van der Waals surface area contributed by atoms with Crippen molar-refractivity contribution in [3.63, 3.8) is 0 Å². The van der Waals surface area contributed by atoms with E-state index in [-0.39, 0.29) is 5.91 Å². The zero-order chi connectivity index (χ0) is 14.7. The zero-order valence-corrected chi connectivity index (χ0v) is 13.5. The predicted molar refractivity (Wildman–Crippen MR) is 82.9 cm³/mol. The van der Waals surface area contributed by atoms with Crippen molar-refractivity contribution in [2.24, 2.45) is 0 Å². The second-order valence-corrected chi connectivity index (χ2v) is 5.62. The van der Waals surface area contributed by atoms with E-state index in [9.17, 15) is 4.79 Å². The van der Waals surface area contributed by atoms with E-state index in [1.807, 2.05) is 49.7 Å². The highest BCUT2D eigenvalue weighted by atomic mass is 79.9. The smallest absolute Gasteiger partial charge is 0.251 e. The third-order valence-electron chi connectivity index (χ3n) is 3.22. The van der Waals surface area contributed by atoms with E-state index in [0.717, 1.165) is 21.4 Å². The zero-order valence-electron chi connectivity index (χ0n) is 11.9. The Bertz CT molecular complexity index is 617. The van der Waals surface area contributed by atoms with Gasteiger partial charge in [0.15, 0.2) is 0 Å². The molecule has 2 rings (SSSR count). The summed E-state index contributed by atoms with van der Waals surface area (Å²) in [4.78, 5) is 12.0. The van der Waals surface area contributed by atoms with Crippen LogP contribution in [-0.4, -0.2) is 22.2 Å². The van der Waals surface area contributed by atoms with Crippen molar-refractivity contribution in [1.29, 1.82) is 0 Å². The van der Waals surface area contributed by atoms with Gasteiger partial charge in [-0.15, -0.1) is 0 Å². The molecule has 1 aromatic carbocycles. The summed E-state index contributed by atoms with van der Waals surface area (Å²) in [5.74, 6) is -0.0504. The number of hydrogen-bond acceptors (Lipinski definition) is 2. The Balaban J connectivity index is 1.91. The topological polar surface area (TPSA) is 46.9 Å². The van der Waals surface area contributed by atoms with Crippen LogP contribution in [-0.2, 0) is 6.54 Å². The highest BCUT2D eigenvalue weighted by Gasteiger charge is 2.09. The molecule has 0 aliphatic rings. The third-order valence-corrected chi connectivity index (χ3v) is 4.36. The molecular formula is C15H18BrN3O. The molecule has 0 spiro atoms. The monoisotopic (exact) mass is 335 g/mol. The molecule has 0 saturated carbocycles. The fraction of sp³-hybridized carbons (Fsp3) is 0.333. The third kappa shape index (κ3) is 3.28. The Morgan fingerprint density at radius 1 is 1.25 bits per heavy atom. The Morgan fingerprint density at radius 3 is 2.45 bits per heavy atom. The van der Waals surface area contributed by atoms with E-state index < -0.39 is 0 Å². The molecule has 1 amide bonds. The van der Waals surface area contributed by atoms with E-state index in [1.54, 1.807) is 0 Å². The number of benzene rings is 1. The van der Waals surface area contributed by atoms with Crippen LogP contribution in [0.15, 0.2) is 28.7 Å². The maximum atomic E-state index is 12.0. The molecule has 0 aliphatic heterocycles. The summed E-state index contributed by atoms with van der Waals surface area (Å²) < 4.78 is 2.93. The molecule has 0 fully saturated rings. The normalized spacial score (nSPS) is 10.6. The molecule has 1 N–H and O–H groups in total. The minimum Gasteiger partial charge on any atom is -0.350 e. The van der Waals surface area contributed by atoms with Crippen molar-refractivity contribution < 1.29 is 4.79 Å². The van der Waals surface area contributed by atoms with Crippen molar-refractivity contribution in [2.75, 3.05) is 6.54 Å². The van der Waals surface area contributed by atoms with Gasteiger partial charge in [0.2, 0.25) is 0 Å². The number of aryl methyl sites for hydroxylation is 2. The second-order valence-electron chi connectivity index (χ2n) is 4.83. The van der Waals surface area contributed by atoms with Crippen molar-refractivity contribution in [2.45, 2.75) is 27.3 Å². The molecule has 1 aromatic heterocycles. The van der Waals surface area contributed by atoms with Gasteiger partial charge in [-0.05, 0) is 48.8 Å². The molecule has 0 bridgehead atoms. The first-order chi connectivity index (χ1) is 9.49. The summed E-state index contributed by atoms with van der Waals surface area (Å²) in [5.41, 5.74) is 3.87. The lowest BCUT2D eigenvalue weighted by Gasteiger charge is -2.07. The Kier molecular flexibility index (Phi) is 4.60. The lowest BCUT2D eigenvalue weighted by Crippen LogP contribution is -2.27. The first-order valence-corrected chi connectivity index (χ1v) is 7.32. The van der Waals surface area contributed by atoms with Crippen LogP contribution in [0.1, 0.15) is 27.3 Å². The first-order valence-electron chi connectivity index (χ1n) is 6.53. The van der Waals surface area contributed by atoms with Gasteiger partial charge in [-0.25, -0.2) is 0 Å². The highest BCUT2D eigenvalue weighted by Crippen LogP contribution is 2.19. The molecule has 106 valence electrons. The number of carbonyl (C=O) groups is 1. The summed E-state index contributed by atoms with van der Waals surface area (Å²) in [7, 11) is 0. The Morgan fingerprint density at radius 2 is 1.90 bits per heavy atom. The first kappa shape index (κ1) is 14.8. The average Bonchev–Trinajstić information content (AvgIpc) is 2.67. The number of aromatic nitrogens is 2. The number of hydrogen-bond donors (Lipinski definition) is 1. The number of nitrogens with one attached hydrogen (secondary N) is 1. The number of rotatable bonds is 4. The number of halogens is 1. The minimum atomic E-state index is -0.0504. The van der Waals surface area contributed by atoms with Gasteiger partial charge >= 0.3 is 0 Å². The Hall–Kier alpha value is -1.62. The van der Waals surface area contributed by atoms with Crippen LogP contribution in [0.2, 0.25) is 0 Å². The largest absolute Gasteiger partial charge is 0.350 e. The molecule has 20 heavy (non-hydrogen) atoms. The second kappa shape index (κ2) is 6.22. The SMILES string of the molecule is Cc1ccc(C(=O)NCCn2nc(C)c(Br)c2C)cc1. The van der Waals surface area contributed by atoms with Crippen LogP contribution in [0.4, 0.5) is 0 Å². The van der Waals surface area contributed by atoms with Crippen molar-refractivity contribution in [3.05, 3.63) is 51.3 Å². The van der Waals surface area contributed by atoms with E-state index >= 15 is 0 Å². The molecule has 4 nitrogen and oxygen atoms in total. The molecule has 0 atom stereocenters. The van der Waals surface area contributed by atoms with E-state index in [0.29, 0.717) is 18.7 Å². The molecule has 0 radical (unpaired) electrons. The Labute approximate surface area is 127 Å². The van der Waals surface area contributed by atoms with Gasteiger partial charge in [0, 0.05) is 17.8 Å². The van der Waals surface area contributed by atoms with Crippen molar-refractivity contribution >= 4 is 21.8 Å². The van der Waals surface area contributed by atoms with Crippen LogP contribution in [0.25, 0.3) is 0 Å². The molecule has 1 heterocycles. The molecule has 0 unspecified atom stereocenters. The number of nitrogens with zero attached hydrogens (tertiary/aromatic N) is 2. The van der Waals surface area contributed by atoms with Crippen LogP contribution >= 0.6 is 15.9 Å². The molecule has 0 aliphatic carbocycles. The molecule has 5 heteroatoms. The molecule has 0 saturated heterocycles. The van der Waals surface area contributed by atoms with Gasteiger partial charge in [-0.3, -0.25) is 9.48 Å². The highest BCUT2D eigenvalue weighted by molar-refractivity contribution is 9.10. The van der Waals surface area contributed by atoms with Gasteiger partial charge < -0.3 is 5.32 Å².